The molecule has 0 amide bonds. The van der Waals surface area contributed by atoms with Gasteiger partial charge in [-0.05, 0) is 43.3 Å². The maximum absolute atomic E-state index is 13.7. The van der Waals surface area contributed by atoms with Gasteiger partial charge in [0.1, 0.15) is 17.3 Å². The van der Waals surface area contributed by atoms with Crippen molar-refractivity contribution in [3.05, 3.63) is 77.9 Å². The summed E-state index contributed by atoms with van der Waals surface area (Å²) >= 11 is 0. The van der Waals surface area contributed by atoms with Gasteiger partial charge in [-0.25, -0.2) is 14.4 Å². The van der Waals surface area contributed by atoms with Gasteiger partial charge >= 0.3 is 0 Å². The maximum atomic E-state index is 13.7. The Kier molecular flexibility index (Phi) is 3.82. The molecular weight excluding hydrogens is 329 g/mol. The van der Waals surface area contributed by atoms with E-state index in [4.69, 9.17) is 0 Å². The number of nitrogens with zero attached hydrogens (tertiary/aromatic N) is 4. The summed E-state index contributed by atoms with van der Waals surface area (Å²) in [5.74, 6) is 0.172. The molecule has 4 rings (SSSR count). The number of pyridine rings is 2. The quantitative estimate of drug-likeness (QED) is 0.596. The Labute approximate surface area is 149 Å². The third kappa shape index (κ3) is 2.87. The third-order valence-corrected chi connectivity index (χ3v) is 4.00. The topological polar surface area (TPSA) is 66.0 Å². The molecule has 0 radical (unpaired) electrons. The Balaban J connectivity index is 1.87. The van der Waals surface area contributed by atoms with Crippen molar-refractivity contribution in [2.24, 2.45) is 0 Å². The highest BCUT2D eigenvalue weighted by atomic mass is 19.1. The number of halogens is 1. The van der Waals surface area contributed by atoms with Crippen molar-refractivity contribution in [3.8, 4) is 17.5 Å². The van der Waals surface area contributed by atoms with E-state index in [1.807, 2.05) is 37.3 Å². The van der Waals surface area contributed by atoms with Crippen molar-refractivity contribution < 1.29 is 4.39 Å². The van der Waals surface area contributed by atoms with Crippen LogP contribution in [0.15, 0.2) is 60.8 Å². The fourth-order valence-corrected chi connectivity index (χ4v) is 2.89. The van der Waals surface area contributed by atoms with Crippen LogP contribution < -0.4 is 5.32 Å². The molecule has 0 spiro atoms. The second kappa shape index (κ2) is 6.30. The normalized spacial score (nSPS) is 10.7. The number of para-hydroxylation sites is 1. The van der Waals surface area contributed by atoms with Gasteiger partial charge < -0.3 is 5.32 Å². The molecule has 0 atom stereocenters. The average Bonchev–Trinajstić information content (AvgIpc) is 2.97. The van der Waals surface area contributed by atoms with Crippen LogP contribution in [0.3, 0.4) is 0 Å². The highest BCUT2D eigenvalue weighted by Gasteiger charge is 2.15. The molecule has 6 heteroatoms. The van der Waals surface area contributed by atoms with Crippen molar-refractivity contribution in [1.29, 1.82) is 5.26 Å². The van der Waals surface area contributed by atoms with Crippen LogP contribution in [-0.4, -0.2) is 14.4 Å². The van der Waals surface area contributed by atoms with E-state index in [2.05, 4.69) is 21.4 Å². The number of rotatable bonds is 3. The summed E-state index contributed by atoms with van der Waals surface area (Å²) in [6, 6.07) is 18.1. The largest absolute Gasteiger partial charge is 0.340 e. The molecule has 0 saturated heterocycles. The molecular formula is C20H14FN5. The van der Waals surface area contributed by atoms with Gasteiger partial charge in [0.25, 0.3) is 0 Å². The van der Waals surface area contributed by atoms with Gasteiger partial charge in [0.2, 0.25) is 0 Å². The molecule has 4 aromatic rings. The van der Waals surface area contributed by atoms with Gasteiger partial charge in [-0.2, -0.15) is 5.26 Å². The van der Waals surface area contributed by atoms with Crippen LogP contribution in [-0.2, 0) is 0 Å². The minimum Gasteiger partial charge on any atom is -0.340 e. The summed E-state index contributed by atoms with van der Waals surface area (Å²) < 4.78 is 15.4. The minimum absolute atomic E-state index is 0.366. The van der Waals surface area contributed by atoms with Crippen LogP contribution in [0.2, 0.25) is 0 Å². The predicted molar refractivity (Wildman–Crippen MR) is 97.6 cm³/mol. The lowest BCUT2D eigenvalue weighted by Gasteiger charge is -2.09. The fourth-order valence-electron chi connectivity index (χ4n) is 2.89. The smallest absolute Gasteiger partial charge is 0.139 e. The van der Waals surface area contributed by atoms with Gasteiger partial charge in [0.05, 0.1) is 28.7 Å². The Bertz CT molecular complexity index is 1140. The Morgan fingerprint density at radius 3 is 2.65 bits per heavy atom. The summed E-state index contributed by atoms with van der Waals surface area (Å²) in [5.41, 5.74) is 3.87. The van der Waals surface area contributed by atoms with Crippen LogP contribution in [0, 0.1) is 24.1 Å². The minimum atomic E-state index is -0.366. The highest BCUT2D eigenvalue weighted by Crippen LogP contribution is 2.27. The van der Waals surface area contributed by atoms with E-state index in [-0.39, 0.29) is 5.82 Å². The monoisotopic (exact) mass is 343 g/mol. The first-order valence-corrected chi connectivity index (χ1v) is 8.03. The molecule has 0 bridgehead atoms. The zero-order valence-corrected chi connectivity index (χ0v) is 13.9. The summed E-state index contributed by atoms with van der Waals surface area (Å²) in [6.07, 6.45) is 1.37. The number of aryl methyl sites for hydroxylation is 1. The number of imidazole rings is 1. The van der Waals surface area contributed by atoms with Crippen molar-refractivity contribution in [3.63, 3.8) is 0 Å². The number of hydrogen-bond acceptors (Lipinski definition) is 4. The van der Waals surface area contributed by atoms with E-state index >= 15 is 0 Å². The highest BCUT2D eigenvalue weighted by molar-refractivity contribution is 5.69. The molecule has 0 aliphatic rings. The van der Waals surface area contributed by atoms with E-state index in [9.17, 15) is 9.65 Å². The molecule has 0 aliphatic carbocycles. The molecule has 3 heterocycles. The summed E-state index contributed by atoms with van der Waals surface area (Å²) in [6.45, 7) is 1.84. The van der Waals surface area contributed by atoms with Crippen molar-refractivity contribution in [2.45, 2.75) is 6.92 Å². The summed E-state index contributed by atoms with van der Waals surface area (Å²) in [5, 5.41) is 12.6. The zero-order chi connectivity index (χ0) is 18.1. The molecule has 0 saturated carbocycles. The van der Waals surface area contributed by atoms with Gasteiger partial charge in [-0.3, -0.25) is 4.40 Å². The zero-order valence-electron chi connectivity index (χ0n) is 13.9. The first-order chi connectivity index (χ1) is 12.6. The van der Waals surface area contributed by atoms with E-state index in [1.54, 1.807) is 22.6 Å². The molecule has 26 heavy (non-hydrogen) atoms. The van der Waals surface area contributed by atoms with Crippen LogP contribution in [0.25, 0.3) is 17.0 Å². The standard InChI is InChI=1S/C20H14FN5/c1-13-20(26-12-15(21)7-8-19(26)23-13)17-9-14(11-22)10-18(25-17)24-16-5-3-2-4-6-16/h2-10,12H,1H3,(H,24,25). The third-order valence-electron chi connectivity index (χ3n) is 4.00. The number of aromatic nitrogens is 3. The molecule has 3 aromatic heterocycles. The van der Waals surface area contributed by atoms with Crippen LogP contribution >= 0.6 is 0 Å². The Morgan fingerprint density at radius 2 is 1.88 bits per heavy atom. The van der Waals surface area contributed by atoms with Gasteiger partial charge in [0.15, 0.2) is 0 Å². The molecule has 0 unspecified atom stereocenters. The molecule has 126 valence electrons. The number of benzene rings is 1. The lowest BCUT2D eigenvalue weighted by molar-refractivity contribution is 0.619. The van der Waals surface area contributed by atoms with E-state index in [0.717, 1.165) is 5.69 Å². The molecule has 1 N–H and O–H groups in total. The fraction of sp³-hybridized carbons (Fsp3) is 0.0500. The van der Waals surface area contributed by atoms with Crippen molar-refractivity contribution >= 4 is 17.2 Å². The number of fused-ring (bicyclic) bond motifs is 1. The first kappa shape index (κ1) is 15.8. The lowest BCUT2D eigenvalue weighted by atomic mass is 10.1. The molecule has 5 nitrogen and oxygen atoms in total. The van der Waals surface area contributed by atoms with Gasteiger partial charge in [0, 0.05) is 11.9 Å². The average molecular weight is 343 g/mol. The van der Waals surface area contributed by atoms with E-state index in [0.29, 0.717) is 34.1 Å². The van der Waals surface area contributed by atoms with Gasteiger partial charge in [-0.1, -0.05) is 18.2 Å². The lowest BCUT2D eigenvalue weighted by Crippen LogP contribution is -1.99. The molecule has 1 aromatic carbocycles. The van der Waals surface area contributed by atoms with E-state index in [1.165, 1.54) is 12.3 Å². The second-order valence-electron chi connectivity index (χ2n) is 5.85. The van der Waals surface area contributed by atoms with Crippen molar-refractivity contribution in [1.82, 2.24) is 14.4 Å². The summed E-state index contributed by atoms with van der Waals surface area (Å²) in [7, 11) is 0. The van der Waals surface area contributed by atoms with E-state index < -0.39 is 0 Å². The van der Waals surface area contributed by atoms with Crippen LogP contribution in [0.5, 0.6) is 0 Å². The number of nitrogens with one attached hydrogen (secondary N) is 1. The maximum Gasteiger partial charge on any atom is 0.139 e. The van der Waals surface area contributed by atoms with Crippen LogP contribution in [0.4, 0.5) is 15.9 Å². The predicted octanol–water partition coefficient (Wildman–Crippen LogP) is 4.46. The summed E-state index contributed by atoms with van der Waals surface area (Å²) in [4.78, 5) is 9.07. The van der Waals surface area contributed by atoms with Crippen LogP contribution in [0.1, 0.15) is 11.3 Å². The Hall–Kier alpha value is -3.72. The second-order valence-corrected chi connectivity index (χ2v) is 5.85. The van der Waals surface area contributed by atoms with Gasteiger partial charge in [-0.15, -0.1) is 0 Å². The SMILES string of the molecule is Cc1nc2ccc(F)cn2c1-c1cc(C#N)cc(Nc2ccccc2)n1. The Morgan fingerprint density at radius 1 is 1.08 bits per heavy atom. The number of nitriles is 1. The molecule has 0 fully saturated rings. The molecule has 0 aliphatic heterocycles. The van der Waals surface area contributed by atoms with Crippen molar-refractivity contribution in [2.75, 3.05) is 5.32 Å². The first-order valence-electron chi connectivity index (χ1n) is 8.03. The number of hydrogen-bond donors (Lipinski definition) is 1. The number of anilines is 2.